The molecule has 2 rings (SSSR count). The summed E-state index contributed by atoms with van der Waals surface area (Å²) < 4.78 is 37.4. The zero-order valence-corrected chi connectivity index (χ0v) is 12.8. The van der Waals surface area contributed by atoms with E-state index in [-0.39, 0.29) is 4.90 Å². The molecule has 108 valence electrons. The Balaban J connectivity index is 2.46. The van der Waals surface area contributed by atoms with Crippen LogP contribution in [0.5, 0.6) is 11.5 Å². The smallest absolute Gasteiger partial charge is 0.264 e. The number of aryl methyl sites for hydroxylation is 1. The Bertz CT molecular complexity index is 696. The van der Waals surface area contributed by atoms with Crippen LogP contribution in [-0.2, 0) is 10.0 Å². The van der Waals surface area contributed by atoms with Crippen molar-refractivity contribution in [1.82, 2.24) is 4.98 Å². The molecule has 8 heteroatoms. The van der Waals surface area contributed by atoms with Gasteiger partial charge in [-0.05, 0) is 18.6 Å². The van der Waals surface area contributed by atoms with Gasteiger partial charge in [0.15, 0.2) is 16.6 Å². The molecule has 0 aliphatic rings. The highest BCUT2D eigenvalue weighted by Gasteiger charge is 2.21. The third kappa shape index (κ3) is 2.86. The number of rotatable bonds is 5. The molecule has 0 saturated carbocycles. The lowest BCUT2D eigenvalue weighted by Crippen LogP contribution is -2.14. The molecule has 1 heterocycles. The number of sulfonamides is 1. The summed E-state index contributed by atoms with van der Waals surface area (Å²) in [5.41, 5.74) is 0.562. The lowest BCUT2D eigenvalue weighted by molar-refractivity contribution is 0.353. The van der Waals surface area contributed by atoms with E-state index in [2.05, 4.69) is 9.71 Å². The Morgan fingerprint density at radius 2 is 1.85 bits per heavy atom. The van der Waals surface area contributed by atoms with Crippen molar-refractivity contribution < 1.29 is 17.9 Å². The van der Waals surface area contributed by atoms with Crippen molar-refractivity contribution in [1.29, 1.82) is 0 Å². The molecule has 0 atom stereocenters. The van der Waals surface area contributed by atoms with Crippen LogP contribution in [-0.4, -0.2) is 27.6 Å². The minimum absolute atomic E-state index is 0.130. The summed E-state index contributed by atoms with van der Waals surface area (Å²) in [5.74, 6) is 0.843. The van der Waals surface area contributed by atoms with Crippen LogP contribution in [0, 0.1) is 6.92 Å². The predicted molar refractivity (Wildman–Crippen MR) is 77.2 cm³/mol. The molecule has 0 spiro atoms. The van der Waals surface area contributed by atoms with E-state index in [9.17, 15) is 8.42 Å². The molecule has 2 aromatic rings. The molecule has 0 radical (unpaired) electrons. The summed E-state index contributed by atoms with van der Waals surface area (Å²) in [6, 6.07) is 3.05. The van der Waals surface area contributed by atoms with Crippen LogP contribution in [0.4, 0.5) is 5.13 Å². The van der Waals surface area contributed by atoms with E-state index in [0.717, 1.165) is 0 Å². The van der Waals surface area contributed by atoms with E-state index in [0.29, 0.717) is 22.2 Å². The van der Waals surface area contributed by atoms with Gasteiger partial charge < -0.3 is 9.47 Å². The second-order valence-corrected chi connectivity index (χ2v) is 6.46. The molecule has 0 unspecified atom stereocenters. The molecule has 1 aromatic carbocycles. The highest BCUT2D eigenvalue weighted by molar-refractivity contribution is 7.93. The molecular formula is C12H14N2O4S2. The molecule has 1 N–H and O–H groups in total. The number of aromatic nitrogens is 1. The normalized spacial score (nSPS) is 11.2. The van der Waals surface area contributed by atoms with Crippen molar-refractivity contribution >= 4 is 26.5 Å². The number of ether oxygens (including phenoxy) is 2. The Kier molecular flexibility index (Phi) is 4.15. The maximum Gasteiger partial charge on any atom is 0.264 e. The van der Waals surface area contributed by atoms with E-state index in [1.54, 1.807) is 18.4 Å². The fraction of sp³-hybridized carbons (Fsp3) is 0.250. The van der Waals surface area contributed by atoms with Gasteiger partial charge >= 0.3 is 0 Å². The van der Waals surface area contributed by atoms with Gasteiger partial charge in [-0.15, -0.1) is 11.3 Å². The first-order chi connectivity index (χ1) is 9.47. The van der Waals surface area contributed by atoms with Crippen molar-refractivity contribution in [2.24, 2.45) is 0 Å². The number of nitrogens with zero attached hydrogens (tertiary/aromatic N) is 1. The third-order valence-electron chi connectivity index (χ3n) is 2.62. The molecule has 0 aliphatic heterocycles. The maximum atomic E-state index is 12.3. The minimum atomic E-state index is -3.71. The van der Waals surface area contributed by atoms with Gasteiger partial charge in [-0.3, -0.25) is 4.72 Å². The summed E-state index contributed by atoms with van der Waals surface area (Å²) in [5, 5.41) is 2.01. The van der Waals surface area contributed by atoms with Crippen LogP contribution in [0.1, 0.15) is 5.56 Å². The monoisotopic (exact) mass is 314 g/mol. The number of benzene rings is 1. The molecule has 6 nitrogen and oxygen atoms in total. The quantitative estimate of drug-likeness (QED) is 0.916. The molecule has 0 aliphatic carbocycles. The van der Waals surface area contributed by atoms with E-state index < -0.39 is 10.0 Å². The Hall–Kier alpha value is -1.80. The zero-order chi connectivity index (χ0) is 14.8. The number of hydrogen-bond acceptors (Lipinski definition) is 6. The SMILES string of the molecule is COc1cc(C)c(S(=O)(=O)Nc2nccs2)cc1OC. The van der Waals surface area contributed by atoms with E-state index in [4.69, 9.17) is 9.47 Å². The Morgan fingerprint density at radius 1 is 1.20 bits per heavy atom. The lowest BCUT2D eigenvalue weighted by atomic mass is 10.2. The van der Waals surface area contributed by atoms with Gasteiger partial charge in [0.2, 0.25) is 0 Å². The van der Waals surface area contributed by atoms with Crippen molar-refractivity contribution in [2.45, 2.75) is 11.8 Å². The van der Waals surface area contributed by atoms with Gasteiger partial charge in [0.1, 0.15) is 0 Å². The zero-order valence-electron chi connectivity index (χ0n) is 11.2. The first-order valence-electron chi connectivity index (χ1n) is 5.63. The second kappa shape index (κ2) is 5.68. The number of anilines is 1. The molecule has 0 saturated heterocycles. The average molecular weight is 314 g/mol. The average Bonchev–Trinajstić information content (AvgIpc) is 2.90. The van der Waals surface area contributed by atoms with E-state index in [1.165, 1.54) is 37.8 Å². The summed E-state index contributed by atoms with van der Waals surface area (Å²) in [4.78, 5) is 4.04. The summed E-state index contributed by atoms with van der Waals surface area (Å²) in [6.07, 6.45) is 1.53. The fourth-order valence-corrected chi connectivity index (χ4v) is 3.73. The van der Waals surface area contributed by atoms with Gasteiger partial charge in [0.05, 0.1) is 19.1 Å². The Labute approximate surface area is 121 Å². The molecule has 1 aromatic heterocycles. The van der Waals surface area contributed by atoms with Crippen molar-refractivity contribution in [3.8, 4) is 11.5 Å². The Morgan fingerprint density at radius 3 is 2.40 bits per heavy atom. The van der Waals surface area contributed by atoms with Gasteiger partial charge in [0.25, 0.3) is 10.0 Å². The summed E-state index contributed by atoms with van der Waals surface area (Å²) >= 11 is 1.21. The maximum absolute atomic E-state index is 12.3. The topological polar surface area (TPSA) is 77.5 Å². The van der Waals surface area contributed by atoms with Crippen LogP contribution in [0.15, 0.2) is 28.6 Å². The molecule has 0 bridgehead atoms. The second-order valence-electron chi connectivity index (χ2n) is 3.92. The number of nitrogens with one attached hydrogen (secondary N) is 1. The van der Waals surface area contributed by atoms with E-state index in [1.807, 2.05) is 0 Å². The van der Waals surface area contributed by atoms with Crippen molar-refractivity contribution in [3.05, 3.63) is 29.3 Å². The van der Waals surface area contributed by atoms with Crippen LogP contribution in [0.3, 0.4) is 0 Å². The molecule has 20 heavy (non-hydrogen) atoms. The molecule has 0 fully saturated rings. The van der Waals surface area contributed by atoms with Gasteiger partial charge in [0, 0.05) is 17.6 Å². The number of hydrogen-bond donors (Lipinski definition) is 1. The van der Waals surface area contributed by atoms with Gasteiger partial charge in [-0.25, -0.2) is 13.4 Å². The highest BCUT2D eigenvalue weighted by Crippen LogP contribution is 2.33. The van der Waals surface area contributed by atoms with Crippen LogP contribution in [0.2, 0.25) is 0 Å². The molecule has 0 amide bonds. The lowest BCUT2D eigenvalue weighted by Gasteiger charge is -2.13. The first-order valence-corrected chi connectivity index (χ1v) is 7.99. The predicted octanol–water partition coefficient (Wildman–Crippen LogP) is 2.27. The van der Waals surface area contributed by atoms with Gasteiger partial charge in [-0.1, -0.05) is 0 Å². The first kappa shape index (κ1) is 14.6. The van der Waals surface area contributed by atoms with Crippen molar-refractivity contribution in [3.63, 3.8) is 0 Å². The summed E-state index contributed by atoms with van der Waals surface area (Å²) in [7, 11) is -0.754. The van der Waals surface area contributed by atoms with E-state index >= 15 is 0 Å². The third-order valence-corrected chi connectivity index (χ3v) is 4.92. The van der Waals surface area contributed by atoms with Crippen LogP contribution >= 0.6 is 11.3 Å². The largest absolute Gasteiger partial charge is 0.493 e. The highest BCUT2D eigenvalue weighted by atomic mass is 32.2. The summed E-state index contributed by atoms with van der Waals surface area (Å²) in [6.45, 7) is 1.69. The standard InChI is InChI=1S/C12H14N2O4S2/c1-8-6-9(17-2)10(18-3)7-11(8)20(15,16)14-12-13-4-5-19-12/h4-7H,1-3H3,(H,13,14). The number of thiazole rings is 1. The number of methoxy groups -OCH3 is 2. The minimum Gasteiger partial charge on any atom is -0.493 e. The van der Waals surface area contributed by atoms with Crippen LogP contribution in [0.25, 0.3) is 0 Å². The van der Waals surface area contributed by atoms with Crippen LogP contribution < -0.4 is 14.2 Å². The fourth-order valence-electron chi connectivity index (χ4n) is 1.70. The van der Waals surface area contributed by atoms with Gasteiger partial charge in [-0.2, -0.15) is 0 Å². The molecular weight excluding hydrogens is 300 g/mol. The van der Waals surface area contributed by atoms with Crippen molar-refractivity contribution in [2.75, 3.05) is 18.9 Å².